The van der Waals surface area contributed by atoms with Crippen molar-refractivity contribution in [2.24, 2.45) is 0 Å². The summed E-state index contributed by atoms with van der Waals surface area (Å²) in [7, 11) is 0. The van der Waals surface area contributed by atoms with Crippen molar-refractivity contribution >= 4 is 11.9 Å². The van der Waals surface area contributed by atoms with Crippen molar-refractivity contribution < 1.29 is 24.5 Å². The first-order valence-electron chi connectivity index (χ1n) is 27.8. The minimum atomic E-state index is -0.879. The van der Waals surface area contributed by atoms with Gasteiger partial charge in [-0.05, 0) is 51.4 Å². The number of nitrogens with one attached hydrogen (secondary N) is 1. The SMILES string of the molecule is CCCCCCCCCCCCCCCCC/C=C/C(O)C(CO)NC(=O)CC/C=C\C/C=C\CCCCCCCCOC(=O)CCCCCCCCCCCCCCCCCC. The second-order valence-corrected chi connectivity index (χ2v) is 18.9. The van der Waals surface area contributed by atoms with E-state index >= 15 is 0 Å². The molecule has 0 saturated heterocycles. The second-order valence-electron chi connectivity index (χ2n) is 18.9. The largest absolute Gasteiger partial charge is 0.466 e. The molecule has 0 aromatic carbocycles. The van der Waals surface area contributed by atoms with Crippen LogP contribution in [-0.4, -0.2) is 47.4 Å². The maximum atomic E-state index is 12.4. The third kappa shape index (κ3) is 49.4. The summed E-state index contributed by atoms with van der Waals surface area (Å²) in [6, 6.07) is -0.672. The van der Waals surface area contributed by atoms with Gasteiger partial charge in [-0.1, -0.05) is 262 Å². The molecule has 370 valence electrons. The van der Waals surface area contributed by atoms with E-state index < -0.39 is 12.1 Å². The van der Waals surface area contributed by atoms with Crippen molar-refractivity contribution in [2.75, 3.05) is 13.2 Å². The molecule has 0 saturated carbocycles. The van der Waals surface area contributed by atoms with E-state index in [2.05, 4.69) is 37.4 Å². The molecule has 63 heavy (non-hydrogen) atoms. The lowest BCUT2D eigenvalue weighted by atomic mass is 10.0. The maximum Gasteiger partial charge on any atom is 0.305 e. The molecule has 3 N–H and O–H groups in total. The Hall–Kier alpha value is -1.92. The van der Waals surface area contributed by atoms with Gasteiger partial charge in [-0.3, -0.25) is 9.59 Å². The van der Waals surface area contributed by atoms with Crippen LogP contribution in [0.2, 0.25) is 0 Å². The Bertz CT molecular complexity index is 1020. The van der Waals surface area contributed by atoms with Gasteiger partial charge in [-0.25, -0.2) is 0 Å². The zero-order valence-electron chi connectivity index (χ0n) is 42.1. The highest BCUT2D eigenvalue weighted by molar-refractivity contribution is 5.76. The van der Waals surface area contributed by atoms with Crippen LogP contribution >= 0.6 is 0 Å². The smallest absolute Gasteiger partial charge is 0.305 e. The molecule has 6 heteroatoms. The minimum Gasteiger partial charge on any atom is -0.466 e. The van der Waals surface area contributed by atoms with E-state index in [0.717, 1.165) is 51.4 Å². The van der Waals surface area contributed by atoms with Gasteiger partial charge in [0.1, 0.15) is 0 Å². The van der Waals surface area contributed by atoms with Gasteiger partial charge in [-0.15, -0.1) is 0 Å². The Labute approximate surface area is 392 Å². The van der Waals surface area contributed by atoms with Gasteiger partial charge in [0.15, 0.2) is 0 Å². The van der Waals surface area contributed by atoms with Crippen LogP contribution in [0.5, 0.6) is 0 Å². The number of allylic oxidation sites excluding steroid dienone is 5. The van der Waals surface area contributed by atoms with E-state index in [-0.39, 0.29) is 18.5 Å². The molecule has 0 aromatic rings. The van der Waals surface area contributed by atoms with Crippen LogP contribution in [-0.2, 0) is 14.3 Å². The third-order valence-corrected chi connectivity index (χ3v) is 12.7. The number of ether oxygens (including phenoxy) is 1. The summed E-state index contributed by atoms with van der Waals surface area (Å²) in [6.45, 7) is 4.85. The highest BCUT2D eigenvalue weighted by Gasteiger charge is 2.17. The molecule has 0 aliphatic rings. The number of aliphatic hydroxyl groups is 2. The first-order valence-corrected chi connectivity index (χ1v) is 27.8. The standard InChI is InChI=1S/C57H107NO5/c1-3-5-7-9-11-13-15-17-19-21-22-25-29-33-37-41-45-49-55(60)54(53-59)58-56(61)50-46-42-38-34-30-26-24-28-32-36-40-44-48-52-63-57(62)51-47-43-39-35-31-27-23-20-18-16-14-12-10-8-6-4-2/h26,30,38,42,45,49,54-55,59-60H,3-25,27-29,31-37,39-41,43-44,46-48,50-53H2,1-2H3,(H,58,61)/b30-26-,42-38-,49-45+. The number of unbranched alkanes of at least 4 members (excludes halogenated alkanes) is 36. The third-order valence-electron chi connectivity index (χ3n) is 12.7. The van der Waals surface area contributed by atoms with E-state index in [1.165, 1.54) is 205 Å². The number of carbonyl (C=O) groups excluding carboxylic acids is 2. The summed E-state index contributed by atoms with van der Waals surface area (Å²) in [5.74, 6) is -0.163. The first-order chi connectivity index (χ1) is 31.0. The van der Waals surface area contributed by atoms with Gasteiger partial charge >= 0.3 is 5.97 Å². The van der Waals surface area contributed by atoms with Crippen LogP contribution in [0, 0.1) is 0 Å². The average Bonchev–Trinajstić information content (AvgIpc) is 3.28. The number of hydrogen-bond donors (Lipinski definition) is 3. The van der Waals surface area contributed by atoms with Crippen molar-refractivity contribution in [3.8, 4) is 0 Å². The maximum absolute atomic E-state index is 12.4. The van der Waals surface area contributed by atoms with Crippen molar-refractivity contribution in [3.05, 3.63) is 36.5 Å². The van der Waals surface area contributed by atoms with E-state index in [1.54, 1.807) is 6.08 Å². The summed E-state index contributed by atoms with van der Waals surface area (Å²) < 4.78 is 5.46. The molecule has 0 radical (unpaired) electrons. The van der Waals surface area contributed by atoms with Crippen molar-refractivity contribution in [2.45, 2.75) is 302 Å². The number of hydrogen-bond acceptors (Lipinski definition) is 5. The molecular weight excluding hydrogens is 779 g/mol. The van der Waals surface area contributed by atoms with Crippen molar-refractivity contribution in [1.82, 2.24) is 5.32 Å². The highest BCUT2D eigenvalue weighted by atomic mass is 16.5. The molecule has 2 atom stereocenters. The second kappa shape index (κ2) is 52.7. The van der Waals surface area contributed by atoms with E-state index in [0.29, 0.717) is 25.9 Å². The van der Waals surface area contributed by atoms with Gasteiger partial charge in [-0.2, -0.15) is 0 Å². The fraction of sp³-hybridized carbons (Fsp3) is 0.860. The van der Waals surface area contributed by atoms with Crippen molar-refractivity contribution in [1.29, 1.82) is 0 Å². The molecule has 6 nitrogen and oxygen atoms in total. The van der Waals surface area contributed by atoms with Gasteiger partial charge in [0.05, 0.1) is 25.4 Å². The Balaban J connectivity index is 3.56. The molecule has 0 spiro atoms. The number of rotatable bonds is 51. The van der Waals surface area contributed by atoms with Crippen LogP contribution in [0.15, 0.2) is 36.5 Å². The summed E-state index contributed by atoms with van der Waals surface area (Å²) >= 11 is 0. The predicted octanol–water partition coefficient (Wildman–Crippen LogP) is 16.9. The van der Waals surface area contributed by atoms with Crippen LogP contribution in [0.3, 0.4) is 0 Å². The molecule has 1 amide bonds. The van der Waals surface area contributed by atoms with Crippen LogP contribution in [0.4, 0.5) is 0 Å². The van der Waals surface area contributed by atoms with Crippen LogP contribution < -0.4 is 5.32 Å². The number of esters is 1. The van der Waals surface area contributed by atoms with Gasteiger partial charge in [0.25, 0.3) is 0 Å². The highest BCUT2D eigenvalue weighted by Crippen LogP contribution is 2.16. The zero-order chi connectivity index (χ0) is 45.8. The molecular formula is C57H107NO5. The van der Waals surface area contributed by atoms with E-state index in [1.807, 2.05) is 12.2 Å². The summed E-state index contributed by atoms with van der Waals surface area (Å²) in [5, 5.41) is 23.0. The molecule has 0 fully saturated rings. The average molecular weight is 886 g/mol. The first kappa shape index (κ1) is 61.1. The normalized spacial score (nSPS) is 12.9. The fourth-order valence-electron chi connectivity index (χ4n) is 8.39. The Morgan fingerprint density at radius 2 is 0.810 bits per heavy atom. The molecule has 2 unspecified atom stereocenters. The topological polar surface area (TPSA) is 95.9 Å². The number of amides is 1. The lowest BCUT2D eigenvalue weighted by molar-refractivity contribution is -0.143. The van der Waals surface area contributed by atoms with Gasteiger partial charge in [0.2, 0.25) is 5.91 Å². The summed E-state index contributed by atoms with van der Waals surface area (Å²) in [5.41, 5.74) is 0. The van der Waals surface area contributed by atoms with Crippen molar-refractivity contribution in [3.63, 3.8) is 0 Å². The molecule has 0 bridgehead atoms. The summed E-state index contributed by atoms with van der Waals surface area (Å²) in [4.78, 5) is 24.5. The lowest BCUT2D eigenvalue weighted by Gasteiger charge is -2.19. The van der Waals surface area contributed by atoms with E-state index in [9.17, 15) is 19.8 Å². The minimum absolute atomic E-state index is 0.0152. The Morgan fingerprint density at radius 1 is 0.444 bits per heavy atom. The monoisotopic (exact) mass is 886 g/mol. The van der Waals surface area contributed by atoms with Crippen LogP contribution in [0.25, 0.3) is 0 Å². The quantitative estimate of drug-likeness (QED) is 0.0321. The van der Waals surface area contributed by atoms with Gasteiger partial charge < -0.3 is 20.3 Å². The van der Waals surface area contributed by atoms with Crippen LogP contribution in [0.1, 0.15) is 290 Å². The van der Waals surface area contributed by atoms with Gasteiger partial charge in [0, 0.05) is 12.8 Å². The molecule has 0 aromatic heterocycles. The predicted molar refractivity (Wildman–Crippen MR) is 273 cm³/mol. The lowest BCUT2D eigenvalue weighted by Crippen LogP contribution is -2.45. The number of aliphatic hydroxyl groups excluding tert-OH is 2. The molecule has 0 aliphatic heterocycles. The fourth-order valence-corrected chi connectivity index (χ4v) is 8.39. The zero-order valence-corrected chi connectivity index (χ0v) is 42.1. The molecule has 0 aliphatic carbocycles. The van der Waals surface area contributed by atoms with E-state index in [4.69, 9.17) is 4.74 Å². The molecule has 0 rings (SSSR count). The Morgan fingerprint density at radius 3 is 1.24 bits per heavy atom. The Kier molecular flexibility index (Phi) is 51.1. The summed E-state index contributed by atoms with van der Waals surface area (Å²) in [6.07, 6.45) is 64.5. The number of carbonyl (C=O) groups is 2. The molecule has 0 heterocycles.